The zero-order valence-electron chi connectivity index (χ0n) is 12.0. The van der Waals surface area contributed by atoms with Crippen molar-refractivity contribution >= 4 is 23.1 Å². The molecule has 3 rings (SSSR count). The Labute approximate surface area is 130 Å². The molecule has 21 heavy (non-hydrogen) atoms. The van der Waals surface area contributed by atoms with Gasteiger partial charge in [0, 0.05) is 31.1 Å². The highest BCUT2D eigenvalue weighted by molar-refractivity contribution is 6.32. The predicted octanol–water partition coefficient (Wildman–Crippen LogP) is 3.94. The van der Waals surface area contributed by atoms with Crippen LogP contribution in [0.3, 0.4) is 0 Å². The van der Waals surface area contributed by atoms with Crippen molar-refractivity contribution < 1.29 is 4.79 Å². The van der Waals surface area contributed by atoms with Gasteiger partial charge in [-0.1, -0.05) is 11.6 Å². The van der Waals surface area contributed by atoms with Gasteiger partial charge in [-0.3, -0.25) is 4.79 Å². The molecule has 110 valence electrons. The Morgan fingerprint density at radius 3 is 2.76 bits per heavy atom. The number of nitriles is 1. The third kappa shape index (κ3) is 3.39. The van der Waals surface area contributed by atoms with E-state index >= 15 is 0 Å². The second-order valence-electron chi connectivity index (χ2n) is 6.16. The van der Waals surface area contributed by atoms with Crippen LogP contribution in [0.1, 0.15) is 44.1 Å². The number of rotatable bonds is 4. The number of Topliss-reactive ketones (excluding diaryl/α,β-unsaturated/α-hetero) is 1. The van der Waals surface area contributed by atoms with Gasteiger partial charge in [0.2, 0.25) is 0 Å². The van der Waals surface area contributed by atoms with Crippen molar-refractivity contribution in [3.05, 3.63) is 28.8 Å². The largest absolute Gasteiger partial charge is 0.368 e. The van der Waals surface area contributed by atoms with E-state index in [2.05, 4.69) is 11.0 Å². The normalized spacial score (nSPS) is 21.9. The van der Waals surface area contributed by atoms with E-state index in [1.165, 1.54) is 12.8 Å². The number of hydrogen-bond donors (Lipinski definition) is 0. The number of anilines is 1. The van der Waals surface area contributed by atoms with Crippen LogP contribution in [0.15, 0.2) is 18.2 Å². The van der Waals surface area contributed by atoms with Crippen molar-refractivity contribution in [2.45, 2.75) is 44.6 Å². The Kier molecular flexibility index (Phi) is 4.17. The summed E-state index contributed by atoms with van der Waals surface area (Å²) < 4.78 is 0. The van der Waals surface area contributed by atoms with Crippen LogP contribution in [0.4, 0.5) is 5.69 Å². The number of nitrogens with zero attached hydrogens (tertiary/aromatic N) is 2. The molecule has 2 fully saturated rings. The van der Waals surface area contributed by atoms with Gasteiger partial charge >= 0.3 is 0 Å². The molecular formula is C17H19ClN2O. The molecule has 0 bridgehead atoms. The standard InChI is InChI=1S/C17H19ClN2O/c18-17-9-15(7-6-13(17)10-19)20(11-12-4-5-12)14-2-1-3-16(21)8-14/h6-7,9,12,14H,1-5,8,11H2. The number of benzene rings is 1. The number of halogens is 1. The molecule has 2 aliphatic rings. The van der Waals surface area contributed by atoms with Crippen LogP contribution >= 0.6 is 11.6 Å². The zero-order chi connectivity index (χ0) is 14.8. The van der Waals surface area contributed by atoms with Crippen LogP contribution in [-0.2, 0) is 4.79 Å². The van der Waals surface area contributed by atoms with E-state index in [-0.39, 0.29) is 6.04 Å². The third-order valence-electron chi connectivity index (χ3n) is 4.45. The van der Waals surface area contributed by atoms with Crippen molar-refractivity contribution in [1.82, 2.24) is 0 Å². The van der Waals surface area contributed by atoms with Gasteiger partial charge in [0.25, 0.3) is 0 Å². The molecule has 0 spiro atoms. The lowest BCUT2D eigenvalue weighted by Gasteiger charge is -2.36. The van der Waals surface area contributed by atoms with Gasteiger partial charge in [-0.15, -0.1) is 0 Å². The lowest BCUT2D eigenvalue weighted by Crippen LogP contribution is -2.40. The lowest BCUT2D eigenvalue weighted by atomic mass is 9.92. The van der Waals surface area contributed by atoms with Crippen molar-refractivity contribution in [3.63, 3.8) is 0 Å². The first-order valence-corrected chi connectivity index (χ1v) is 8.03. The summed E-state index contributed by atoms with van der Waals surface area (Å²) in [7, 11) is 0. The van der Waals surface area contributed by atoms with E-state index < -0.39 is 0 Å². The van der Waals surface area contributed by atoms with Crippen molar-refractivity contribution in [1.29, 1.82) is 5.26 Å². The maximum Gasteiger partial charge on any atom is 0.134 e. The average Bonchev–Trinajstić information content (AvgIpc) is 3.29. The monoisotopic (exact) mass is 302 g/mol. The molecule has 3 nitrogen and oxygen atoms in total. The van der Waals surface area contributed by atoms with Gasteiger partial charge in [0.15, 0.2) is 0 Å². The summed E-state index contributed by atoms with van der Waals surface area (Å²) >= 11 is 6.18. The van der Waals surface area contributed by atoms with Crippen LogP contribution in [0, 0.1) is 17.2 Å². The van der Waals surface area contributed by atoms with E-state index in [4.69, 9.17) is 16.9 Å². The first-order valence-electron chi connectivity index (χ1n) is 7.65. The average molecular weight is 303 g/mol. The lowest BCUT2D eigenvalue weighted by molar-refractivity contribution is -0.120. The molecule has 0 aliphatic heterocycles. The molecule has 1 aromatic rings. The molecule has 0 N–H and O–H groups in total. The quantitative estimate of drug-likeness (QED) is 0.846. The first kappa shape index (κ1) is 14.4. The highest BCUT2D eigenvalue weighted by atomic mass is 35.5. The van der Waals surface area contributed by atoms with Gasteiger partial charge in [-0.25, -0.2) is 0 Å². The maximum absolute atomic E-state index is 11.8. The third-order valence-corrected chi connectivity index (χ3v) is 4.77. The Balaban J connectivity index is 1.85. The van der Waals surface area contributed by atoms with E-state index in [0.717, 1.165) is 37.4 Å². The second-order valence-corrected chi connectivity index (χ2v) is 6.57. The molecule has 4 heteroatoms. The molecule has 1 aromatic carbocycles. The van der Waals surface area contributed by atoms with Crippen LogP contribution < -0.4 is 4.90 Å². The van der Waals surface area contributed by atoms with E-state index in [0.29, 0.717) is 22.8 Å². The summed E-state index contributed by atoms with van der Waals surface area (Å²) in [6.07, 6.45) is 5.97. The molecule has 0 aromatic heterocycles. The van der Waals surface area contributed by atoms with Gasteiger partial charge in [-0.2, -0.15) is 5.26 Å². The molecule has 2 saturated carbocycles. The van der Waals surface area contributed by atoms with Crippen LogP contribution in [0.2, 0.25) is 5.02 Å². The van der Waals surface area contributed by atoms with E-state index in [1.54, 1.807) is 6.07 Å². The zero-order valence-corrected chi connectivity index (χ0v) is 12.8. The SMILES string of the molecule is N#Cc1ccc(N(CC2CC2)C2CCCC(=O)C2)cc1Cl. The van der Waals surface area contributed by atoms with Gasteiger partial charge in [0.1, 0.15) is 11.9 Å². The van der Waals surface area contributed by atoms with Crippen molar-refractivity contribution in [3.8, 4) is 6.07 Å². The molecule has 0 heterocycles. The molecular weight excluding hydrogens is 284 g/mol. The molecule has 0 radical (unpaired) electrons. The summed E-state index contributed by atoms with van der Waals surface area (Å²) in [5.74, 6) is 1.11. The van der Waals surface area contributed by atoms with Gasteiger partial charge in [0.05, 0.1) is 10.6 Å². The summed E-state index contributed by atoms with van der Waals surface area (Å²) in [6, 6.07) is 8.01. The summed E-state index contributed by atoms with van der Waals surface area (Å²) in [5, 5.41) is 9.49. The smallest absolute Gasteiger partial charge is 0.134 e. The van der Waals surface area contributed by atoms with Crippen LogP contribution in [0.5, 0.6) is 0 Å². The molecule has 1 atom stereocenters. The summed E-state index contributed by atoms with van der Waals surface area (Å²) in [5.41, 5.74) is 1.55. The fraction of sp³-hybridized carbons (Fsp3) is 0.529. The molecule has 0 amide bonds. The first-order chi connectivity index (χ1) is 10.2. The van der Waals surface area contributed by atoms with Crippen LogP contribution in [-0.4, -0.2) is 18.4 Å². The van der Waals surface area contributed by atoms with E-state index in [9.17, 15) is 4.79 Å². The highest BCUT2D eigenvalue weighted by Crippen LogP contribution is 2.35. The number of ketones is 1. The van der Waals surface area contributed by atoms with Gasteiger partial charge < -0.3 is 4.90 Å². The minimum atomic E-state index is 0.288. The Morgan fingerprint density at radius 2 is 2.14 bits per heavy atom. The predicted molar refractivity (Wildman–Crippen MR) is 83.5 cm³/mol. The van der Waals surface area contributed by atoms with Crippen molar-refractivity contribution in [2.75, 3.05) is 11.4 Å². The van der Waals surface area contributed by atoms with Crippen LogP contribution in [0.25, 0.3) is 0 Å². The Hall–Kier alpha value is -1.53. The van der Waals surface area contributed by atoms with Crippen molar-refractivity contribution in [2.24, 2.45) is 5.92 Å². The van der Waals surface area contributed by atoms with Gasteiger partial charge in [-0.05, 0) is 49.8 Å². The number of carbonyl (C=O) groups is 1. The minimum Gasteiger partial charge on any atom is -0.368 e. The highest BCUT2D eigenvalue weighted by Gasteiger charge is 2.31. The Morgan fingerprint density at radius 1 is 1.33 bits per heavy atom. The Bertz CT molecular complexity index is 589. The second kappa shape index (κ2) is 6.07. The number of hydrogen-bond acceptors (Lipinski definition) is 3. The topological polar surface area (TPSA) is 44.1 Å². The fourth-order valence-corrected chi connectivity index (χ4v) is 3.30. The molecule has 1 unspecified atom stereocenters. The summed E-state index contributed by atoms with van der Waals surface area (Å²) in [4.78, 5) is 14.1. The maximum atomic E-state index is 11.8. The molecule has 0 saturated heterocycles. The molecule has 2 aliphatic carbocycles. The fourth-order valence-electron chi connectivity index (χ4n) is 3.09. The van der Waals surface area contributed by atoms with E-state index in [1.807, 2.05) is 12.1 Å². The summed E-state index contributed by atoms with van der Waals surface area (Å²) in [6.45, 7) is 1.00. The minimum absolute atomic E-state index is 0.288. The number of carbonyl (C=O) groups excluding carboxylic acids is 1.